The van der Waals surface area contributed by atoms with E-state index >= 15 is 0 Å². The van der Waals surface area contributed by atoms with Crippen molar-refractivity contribution >= 4 is 51.3 Å². The molecule has 1 aromatic heterocycles. The Morgan fingerprint density at radius 2 is 2.03 bits per heavy atom. The quantitative estimate of drug-likeness (QED) is 0.632. The summed E-state index contributed by atoms with van der Waals surface area (Å²) in [6.07, 6.45) is 3.06. The van der Waals surface area contributed by atoms with Gasteiger partial charge in [0.05, 0.1) is 29.5 Å². The number of methoxy groups -OCH3 is 1. The molecular formula is C21H23N3O2S3. The van der Waals surface area contributed by atoms with Crippen LogP contribution >= 0.6 is 35.3 Å². The monoisotopic (exact) mass is 445 g/mol. The zero-order chi connectivity index (χ0) is 20.2. The number of hydrazone groups is 1. The van der Waals surface area contributed by atoms with Gasteiger partial charge in [-0.1, -0.05) is 42.2 Å². The summed E-state index contributed by atoms with van der Waals surface area (Å²) in [5.74, 6) is 1.10. The molecule has 0 bridgehead atoms. The lowest BCUT2D eigenvalue weighted by Crippen LogP contribution is -2.30. The van der Waals surface area contributed by atoms with E-state index in [-0.39, 0.29) is 11.9 Å². The highest BCUT2D eigenvalue weighted by Gasteiger charge is 2.33. The van der Waals surface area contributed by atoms with Crippen molar-refractivity contribution in [1.82, 2.24) is 9.91 Å². The number of hydrogen-bond acceptors (Lipinski definition) is 6. The average Bonchev–Trinajstić information content (AvgIpc) is 3.52. The van der Waals surface area contributed by atoms with Crippen molar-refractivity contribution in [2.24, 2.45) is 5.10 Å². The van der Waals surface area contributed by atoms with Crippen LogP contribution in [0, 0.1) is 0 Å². The van der Waals surface area contributed by atoms with Gasteiger partial charge in [0.25, 0.3) is 5.91 Å². The molecule has 1 aromatic carbocycles. The number of benzene rings is 1. The van der Waals surface area contributed by atoms with E-state index in [1.54, 1.807) is 23.5 Å². The molecule has 152 valence electrons. The Hall–Kier alpha value is -1.90. The molecule has 2 aliphatic heterocycles. The summed E-state index contributed by atoms with van der Waals surface area (Å²) < 4.78 is 6.09. The van der Waals surface area contributed by atoms with E-state index in [2.05, 4.69) is 11.0 Å². The summed E-state index contributed by atoms with van der Waals surface area (Å²) in [7, 11) is 1.65. The molecular weight excluding hydrogens is 422 g/mol. The van der Waals surface area contributed by atoms with Crippen molar-refractivity contribution in [2.45, 2.75) is 25.3 Å². The molecule has 29 heavy (non-hydrogen) atoms. The summed E-state index contributed by atoms with van der Waals surface area (Å²) in [4.78, 5) is 16.4. The fourth-order valence-corrected chi connectivity index (χ4v) is 5.42. The second-order valence-corrected chi connectivity index (χ2v) is 9.56. The summed E-state index contributed by atoms with van der Waals surface area (Å²) in [5.41, 5.74) is 2.02. The zero-order valence-electron chi connectivity index (χ0n) is 16.2. The third-order valence-corrected chi connectivity index (χ3v) is 7.58. The van der Waals surface area contributed by atoms with E-state index in [1.165, 1.54) is 24.6 Å². The Morgan fingerprint density at radius 1 is 1.28 bits per heavy atom. The minimum atomic E-state index is -0.105. The fourth-order valence-electron chi connectivity index (χ4n) is 3.60. The van der Waals surface area contributed by atoms with Crippen LogP contribution < -0.4 is 4.74 Å². The van der Waals surface area contributed by atoms with Gasteiger partial charge in [0.2, 0.25) is 0 Å². The molecule has 2 aromatic rings. The van der Waals surface area contributed by atoms with Gasteiger partial charge in [-0.15, -0.1) is 11.3 Å². The second kappa shape index (κ2) is 9.28. The molecule has 0 radical (unpaired) electrons. The minimum absolute atomic E-state index is 0.0103. The molecule has 1 amide bonds. The van der Waals surface area contributed by atoms with Crippen molar-refractivity contribution in [3.63, 3.8) is 0 Å². The van der Waals surface area contributed by atoms with Gasteiger partial charge in [-0.3, -0.25) is 4.79 Å². The predicted molar refractivity (Wildman–Crippen MR) is 124 cm³/mol. The molecule has 0 spiro atoms. The molecule has 1 atom stereocenters. The standard InChI is InChI=1S/C21H23N3O2S3/c1-26-16-8-6-15(7-9-16)18-13-17(19-5-4-12-28-19)22-24(18)20(25)14-29-21(27)23-10-2-3-11-23/h4-9,12,18H,2-3,10-11,13-14H2,1H3. The van der Waals surface area contributed by atoms with Crippen LogP contribution in [-0.4, -0.2) is 51.8 Å². The fraction of sp³-hybridized carbons (Fsp3) is 0.381. The number of thiophene rings is 1. The van der Waals surface area contributed by atoms with Gasteiger partial charge in [-0.25, -0.2) is 5.01 Å². The van der Waals surface area contributed by atoms with Gasteiger partial charge in [-0.2, -0.15) is 5.10 Å². The topological polar surface area (TPSA) is 45.1 Å². The van der Waals surface area contributed by atoms with Gasteiger partial charge in [-0.05, 0) is 42.0 Å². The van der Waals surface area contributed by atoms with Crippen molar-refractivity contribution in [2.75, 3.05) is 26.0 Å². The lowest BCUT2D eigenvalue weighted by atomic mass is 10.0. The first-order valence-electron chi connectivity index (χ1n) is 9.65. The molecule has 1 saturated heterocycles. The highest BCUT2D eigenvalue weighted by atomic mass is 32.2. The molecule has 8 heteroatoms. The number of rotatable bonds is 5. The number of ether oxygens (including phenoxy) is 1. The molecule has 1 fully saturated rings. The largest absolute Gasteiger partial charge is 0.497 e. The number of nitrogens with zero attached hydrogens (tertiary/aromatic N) is 3. The molecule has 4 rings (SSSR count). The molecule has 2 aliphatic rings. The molecule has 0 saturated carbocycles. The highest BCUT2D eigenvalue weighted by molar-refractivity contribution is 8.23. The van der Waals surface area contributed by atoms with Crippen LogP contribution in [0.3, 0.4) is 0 Å². The number of carbonyl (C=O) groups is 1. The van der Waals surface area contributed by atoms with Crippen LogP contribution in [0.4, 0.5) is 0 Å². The third-order valence-electron chi connectivity index (χ3n) is 5.16. The lowest BCUT2D eigenvalue weighted by Gasteiger charge is -2.23. The predicted octanol–water partition coefficient (Wildman–Crippen LogP) is 4.55. The van der Waals surface area contributed by atoms with Gasteiger partial charge in [0.15, 0.2) is 0 Å². The van der Waals surface area contributed by atoms with Crippen LogP contribution in [0.15, 0.2) is 46.9 Å². The second-order valence-electron chi connectivity index (χ2n) is 7.00. The number of thiocarbonyl (C=S) groups is 1. The van der Waals surface area contributed by atoms with Crippen LogP contribution in [0.25, 0.3) is 0 Å². The minimum Gasteiger partial charge on any atom is -0.497 e. The normalized spacial score (nSPS) is 18.8. The Morgan fingerprint density at radius 3 is 2.69 bits per heavy atom. The van der Waals surface area contributed by atoms with Gasteiger partial charge in [0, 0.05) is 19.5 Å². The Balaban J connectivity index is 1.50. The van der Waals surface area contributed by atoms with E-state index in [9.17, 15) is 4.79 Å². The number of thioether (sulfide) groups is 1. The summed E-state index contributed by atoms with van der Waals surface area (Å²) in [6.45, 7) is 2.00. The molecule has 5 nitrogen and oxygen atoms in total. The van der Waals surface area contributed by atoms with Crippen molar-refractivity contribution in [3.05, 3.63) is 52.2 Å². The lowest BCUT2D eigenvalue weighted by molar-refractivity contribution is -0.130. The number of carbonyl (C=O) groups excluding carboxylic acids is 1. The molecule has 1 unspecified atom stereocenters. The molecule has 0 N–H and O–H groups in total. The van der Waals surface area contributed by atoms with Crippen molar-refractivity contribution in [1.29, 1.82) is 0 Å². The van der Waals surface area contributed by atoms with E-state index in [1.807, 2.05) is 35.7 Å². The van der Waals surface area contributed by atoms with E-state index in [4.69, 9.17) is 22.1 Å². The zero-order valence-corrected chi connectivity index (χ0v) is 18.7. The maximum atomic E-state index is 13.1. The number of likely N-dealkylation sites (tertiary alicyclic amines) is 1. The van der Waals surface area contributed by atoms with Crippen molar-refractivity contribution in [3.8, 4) is 5.75 Å². The van der Waals surface area contributed by atoms with E-state index in [0.717, 1.165) is 39.3 Å². The van der Waals surface area contributed by atoms with Crippen LogP contribution in [0.2, 0.25) is 0 Å². The summed E-state index contributed by atoms with van der Waals surface area (Å²) in [6, 6.07) is 11.8. The Kier molecular flexibility index (Phi) is 6.52. The first-order chi connectivity index (χ1) is 14.2. The third kappa shape index (κ3) is 4.65. The smallest absolute Gasteiger partial charge is 0.253 e. The SMILES string of the molecule is COc1ccc(C2CC(c3cccs3)=NN2C(=O)CSC(=S)N2CCCC2)cc1. The van der Waals surface area contributed by atoms with Gasteiger partial charge in [0.1, 0.15) is 10.1 Å². The first-order valence-corrected chi connectivity index (χ1v) is 11.9. The van der Waals surface area contributed by atoms with Crippen LogP contribution in [0.1, 0.15) is 35.7 Å². The Labute approximate surface area is 184 Å². The van der Waals surface area contributed by atoms with Gasteiger partial charge >= 0.3 is 0 Å². The Bertz CT molecular complexity index is 890. The van der Waals surface area contributed by atoms with Crippen LogP contribution in [0.5, 0.6) is 5.75 Å². The molecule has 0 aliphatic carbocycles. The maximum absolute atomic E-state index is 13.1. The van der Waals surface area contributed by atoms with Crippen molar-refractivity contribution < 1.29 is 9.53 Å². The number of amides is 1. The first kappa shape index (κ1) is 20.4. The van der Waals surface area contributed by atoms with E-state index in [0.29, 0.717) is 12.2 Å². The van der Waals surface area contributed by atoms with E-state index < -0.39 is 0 Å². The molecule has 3 heterocycles. The highest BCUT2D eigenvalue weighted by Crippen LogP contribution is 2.35. The summed E-state index contributed by atoms with van der Waals surface area (Å²) in [5, 5.41) is 8.40. The van der Waals surface area contributed by atoms with Gasteiger partial charge < -0.3 is 9.64 Å². The number of hydrogen-bond donors (Lipinski definition) is 0. The average molecular weight is 446 g/mol. The maximum Gasteiger partial charge on any atom is 0.253 e. The summed E-state index contributed by atoms with van der Waals surface area (Å²) >= 11 is 8.62. The van der Waals surface area contributed by atoms with Crippen LogP contribution in [-0.2, 0) is 4.79 Å².